The maximum atomic E-state index is 12.1. The van der Waals surface area contributed by atoms with E-state index in [0.29, 0.717) is 6.42 Å². The Morgan fingerprint density at radius 1 is 1.39 bits per heavy atom. The van der Waals surface area contributed by atoms with Crippen LogP contribution in [0.2, 0.25) is 0 Å². The molecule has 1 saturated heterocycles. The number of nitrogens with one attached hydrogen (secondary N) is 2. The summed E-state index contributed by atoms with van der Waals surface area (Å²) in [6.07, 6.45) is 2.54. The van der Waals surface area contributed by atoms with Gasteiger partial charge in [-0.3, -0.25) is 4.79 Å². The highest BCUT2D eigenvalue weighted by Crippen LogP contribution is 2.32. The summed E-state index contributed by atoms with van der Waals surface area (Å²) in [4.78, 5) is 17.7. The molecule has 1 amide bonds. The first kappa shape index (κ1) is 20.9. The molecule has 3 heterocycles. The quantitative estimate of drug-likeness (QED) is 0.730. The number of thiophene rings is 1. The van der Waals surface area contributed by atoms with E-state index in [-0.39, 0.29) is 36.8 Å². The van der Waals surface area contributed by atoms with Gasteiger partial charge in [-0.1, -0.05) is 0 Å². The molecule has 3 rings (SSSR count). The summed E-state index contributed by atoms with van der Waals surface area (Å²) in [6.45, 7) is 1.93. The molecule has 1 aliphatic rings. The lowest BCUT2D eigenvalue weighted by molar-refractivity contribution is -0.121. The Morgan fingerprint density at radius 3 is 2.87 bits per heavy atom. The average Bonchev–Trinajstić information content (AvgIpc) is 3.09. The molecule has 0 unspecified atom stereocenters. The maximum absolute atomic E-state index is 12.1. The summed E-state index contributed by atoms with van der Waals surface area (Å²) in [7, 11) is 0. The number of thiazole rings is 1. The van der Waals surface area contributed by atoms with Crippen molar-refractivity contribution in [3.05, 3.63) is 27.0 Å². The summed E-state index contributed by atoms with van der Waals surface area (Å²) in [5, 5.41) is 11.4. The molecule has 2 N–H and O–H groups in total. The molecular formula is C14H18BrCl2N3OS2. The van der Waals surface area contributed by atoms with Crippen molar-refractivity contribution in [1.29, 1.82) is 0 Å². The number of amides is 1. The van der Waals surface area contributed by atoms with Gasteiger partial charge in [-0.2, -0.15) is 0 Å². The van der Waals surface area contributed by atoms with Gasteiger partial charge in [-0.05, 0) is 41.4 Å². The third-order valence-corrected chi connectivity index (χ3v) is 6.09. The van der Waals surface area contributed by atoms with Gasteiger partial charge >= 0.3 is 0 Å². The highest BCUT2D eigenvalue weighted by Gasteiger charge is 2.16. The van der Waals surface area contributed by atoms with Gasteiger partial charge < -0.3 is 10.6 Å². The summed E-state index contributed by atoms with van der Waals surface area (Å²) < 4.78 is 1.07. The molecule has 0 bridgehead atoms. The Hall–Kier alpha value is -0.180. The van der Waals surface area contributed by atoms with Crippen LogP contribution >= 0.6 is 63.4 Å². The Kier molecular flexibility index (Phi) is 9.03. The predicted molar refractivity (Wildman–Crippen MR) is 105 cm³/mol. The first-order valence-corrected chi connectivity index (χ1v) is 9.45. The molecule has 1 fully saturated rings. The second kappa shape index (κ2) is 9.96. The van der Waals surface area contributed by atoms with Gasteiger partial charge in [0.25, 0.3) is 0 Å². The number of nitrogens with zero attached hydrogens (tertiary/aromatic N) is 1. The number of aromatic nitrogens is 1. The molecule has 23 heavy (non-hydrogen) atoms. The van der Waals surface area contributed by atoms with Crippen LogP contribution in [0.4, 0.5) is 0 Å². The molecule has 0 aromatic carbocycles. The van der Waals surface area contributed by atoms with Crippen LogP contribution in [0.1, 0.15) is 18.5 Å². The van der Waals surface area contributed by atoms with Gasteiger partial charge in [0.05, 0.1) is 17.0 Å². The lowest BCUT2D eigenvalue weighted by Gasteiger charge is -2.23. The summed E-state index contributed by atoms with van der Waals surface area (Å²) in [5.74, 6) is 0.0629. The molecule has 0 spiro atoms. The minimum Gasteiger partial charge on any atom is -0.352 e. The van der Waals surface area contributed by atoms with Gasteiger partial charge in [0, 0.05) is 27.8 Å². The van der Waals surface area contributed by atoms with Crippen LogP contribution in [-0.2, 0) is 11.2 Å². The topological polar surface area (TPSA) is 54.0 Å². The lowest BCUT2D eigenvalue weighted by Crippen LogP contribution is -2.46. The van der Waals surface area contributed by atoms with Gasteiger partial charge in [0.1, 0.15) is 5.01 Å². The van der Waals surface area contributed by atoms with E-state index in [0.717, 1.165) is 46.0 Å². The molecule has 1 atom stereocenters. The van der Waals surface area contributed by atoms with E-state index in [1.165, 1.54) is 0 Å². The van der Waals surface area contributed by atoms with Gasteiger partial charge in [0.2, 0.25) is 5.91 Å². The van der Waals surface area contributed by atoms with E-state index in [9.17, 15) is 4.79 Å². The first-order valence-electron chi connectivity index (χ1n) is 6.89. The van der Waals surface area contributed by atoms with Crippen LogP contribution < -0.4 is 10.6 Å². The highest BCUT2D eigenvalue weighted by molar-refractivity contribution is 9.10. The third-order valence-electron chi connectivity index (χ3n) is 3.33. The fourth-order valence-electron chi connectivity index (χ4n) is 2.34. The Morgan fingerprint density at radius 2 is 2.22 bits per heavy atom. The van der Waals surface area contributed by atoms with Crippen molar-refractivity contribution in [1.82, 2.24) is 15.6 Å². The van der Waals surface area contributed by atoms with Crippen LogP contribution in [-0.4, -0.2) is 30.0 Å². The SMILES string of the molecule is Cl.Cl.O=C(Cc1csc(-c2cc(Br)cs2)n1)N[C@H]1CCCNC1. The zero-order valence-electron chi connectivity index (χ0n) is 12.2. The van der Waals surface area contributed by atoms with Crippen LogP contribution in [0.5, 0.6) is 0 Å². The zero-order chi connectivity index (χ0) is 14.7. The fourth-order valence-corrected chi connectivity index (χ4v) is 4.67. The summed E-state index contributed by atoms with van der Waals surface area (Å²) in [5.41, 5.74) is 0.848. The second-order valence-electron chi connectivity index (χ2n) is 5.06. The summed E-state index contributed by atoms with van der Waals surface area (Å²) >= 11 is 6.69. The fraction of sp³-hybridized carbons (Fsp3) is 0.429. The van der Waals surface area contributed by atoms with Crippen LogP contribution in [0, 0.1) is 0 Å². The molecule has 1 aliphatic heterocycles. The minimum absolute atomic E-state index is 0. The number of carbonyl (C=O) groups is 1. The van der Waals surface area contributed by atoms with Crippen LogP contribution in [0.3, 0.4) is 0 Å². The Labute approximate surface area is 164 Å². The second-order valence-corrected chi connectivity index (χ2v) is 7.75. The molecule has 0 saturated carbocycles. The van der Waals surface area contributed by atoms with E-state index in [1.54, 1.807) is 22.7 Å². The number of hydrogen-bond donors (Lipinski definition) is 2. The number of halogens is 3. The van der Waals surface area contributed by atoms with Gasteiger partial charge in [0.15, 0.2) is 0 Å². The molecular weight excluding hydrogens is 441 g/mol. The van der Waals surface area contributed by atoms with E-state index >= 15 is 0 Å². The molecule has 0 radical (unpaired) electrons. The van der Waals surface area contributed by atoms with Gasteiger partial charge in [-0.25, -0.2) is 4.98 Å². The molecule has 2 aromatic rings. The molecule has 0 aliphatic carbocycles. The number of piperidine rings is 1. The van der Waals surface area contributed by atoms with Crippen molar-refractivity contribution in [2.45, 2.75) is 25.3 Å². The standard InChI is InChI=1S/C14H16BrN3OS2.2ClH/c15-9-4-12(20-7-9)14-18-11(8-21-14)5-13(19)17-10-2-1-3-16-6-10;;/h4,7-8,10,16H,1-3,5-6H2,(H,17,19);2*1H/t10-;;/m0../s1. The van der Waals surface area contributed by atoms with E-state index in [2.05, 4.69) is 37.6 Å². The van der Waals surface area contributed by atoms with Crippen molar-refractivity contribution >= 4 is 69.3 Å². The number of carbonyl (C=O) groups excluding carboxylic acids is 1. The largest absolute Gasteiger partial charge is 0.352 e. The Balaban J connectivity index is 0.00000132. The monoisotopic (exact) mass is 457 g/mol. The zero-order valence-corrected chi connectivity index (χ0v) is 17.1. The average molecular weight is 459 g/mol. The molecule has 9 heteroatoms. The first-order chi connectivity index (χ1) is 10.2. The van der Waals surface area contributed by atoms with Crippen molar-refractivity contribution < 1.29 is 4.79 Å². The van der Waals surface area contributed by atoms with Gasteiger partial charge in [-0.15, -0.1) is 47.5 Å². The van der Waals surface area contributed by atoms with E-state index < -0.39 is 0 Å². The Bertz CT molecular complexity index is 629. The minimum atomic E-state index is 0. The van der Waals surface area contributed by atoms with Crippen molar-refractivity contribution in [3.63, 3.8) is 0 Å². The van der Waals surface area contributed by atoms with Crippen LogP contribution in [0.25, 0.3) is 9.88 Å². The number of hydrogen-bond acceptors (Lipinski definition) is 5. The summed E-state index contributed by atoms with van der Waals surface area (Å²) in [6, 6.07) is 2.32. The van der Waals surface area contributed by atoms with Crippen LogP contribution in [0.15, 0.2) is 21.3 Å². The highest BCUT2D eigenvalue weighted by atomic mass is 79.9. The molecule has 128 valence electrons. The van der Waals surface area contributed by atoms with E-state index in [1.807, 2.05) is 10.8 Å². The number of rotatable bonds is 4. The van der Waals surface area contributed by atoms with Crippen molar-refractivity contribution in [3.8, 4) is 9.88 Å². The predicted octanol–water partition coefficient (Wildman–Crippen LogP) is 3.89. The van der Waals surface area contributed by atoms with E-state index in [4.69, 9.17) is 0 Å². The molecule has 2 aromatic heterocycles. The normalized spacial score (nSPS) is 17.0. The molecule has 4 nitrogen and oxygen atoms in total. The lowest BCUT2D eigenvalue weighted by atomic mass is 10.1. The van der Waals surface area contributed by atoms with Crippen molar-refractivity contribution in [2.75, 3.05) is 13.1 Å². The maximum Gasteiger partial charge on any atom is 0.226 e. The third kappa shape index (κ3) is 5.99. The smallest absolute Gasteiger partial charge is 0.226 e. The van der Waals surface area contributed by atoms with Crippen molar-refractivity contribution in [2.24, 2.45) is 0 Å².